The molecule has 1 fully saturated rings. The van der Waals surface area contributed by atoms with E-state index in [1.165, 1.54) is 12.1 Å². The van der Waals surface area contributed by atoms with Crippen LogP contribution in [0.15, 0.2) is 36.5 Å². The van der Waals surface area contributed by atoms with Crippen LogP contribution in [0.3, 0.4) is 0 Å². The fourth-order valence-corrected chi connectivity index (χ4v) is 3.30. The molecular weight excluding hydrogens is 345 g/mol. The topological polar surface area (TPSA) is 64.2 Å². The molecule has 3 rings (SSSR count). The molecule has 0 spiro atoms. The number of carbonyl (C=O) groups excluding carboxylic acids is 1. The highest BCUT2D eigenvalue weighted by molar-refractivity contribution is 5.94. The van der Waals surface area contributed by atoms with Gasteiger partial charge in [0.1, 0.15) is 5.69 Å². The van der Waals surface area contributed by atoms with E-state index in [-0.39, 0.29) is 23.6 Å². The second-order valence-electron chi connectivity index (χ2n) is 6.69. The summed E-state index contributed by atoms with van der Waals surface area (Å²) < 4.78 is 40.1. The van der Waals surface area contributed by atoms with E-state index in [4.69, 9.17) is 5.73 Å². The van der Waals surface area contributed by atoms with Gasteiger partial charge >= 0.3 is 6.18 Å². The van der Waals surface area contributed by atoms with E-state index < -0.39 is 11.9 Å². The van der Waals surface area contributed by atoms with Crippen LogP contribution in [0.5, 0.6) is 0 Å². The summed E-state index contributed by atoms with van der Waals surface area (Å²) in [6, 6.07) is 7.03. The first-order valence-corrected chi connectivity index (χ1v) is 8.54. The zero-order valence-corrected chi connectivity index (χ0v) is 14.4. The Bertz CT molecular complexity index is 785. The van der Waals surface area contributed by atoms with E-state index >= 15 is 0 Å². The third-order valence-corrected chi connectivity index (χ3v) is 4.76. The van der Waals surface area contributed by atoms with Gasteiger partial charge in [0.25, 0.3) is 5.91 Å². The molecule has 26 heavy (non-hydrogen) atoms. The Kier molecular flexibility index (Phi) is 5.04. The normalized spacial score (nSPS) is 19.4. The largest absolute Gasteiger partial charge is 0.433 e. The molecule has 1 amide bonds. The monoisotopic (exact) mass is 366 g/mol. The van der Waals surface area contributed by atoms with Gasteiger partial charge < -0.3 is 10.6 Å². The molecule has 1 aliphatic rings. The highest BCUT2D eigenvalue weighted by Gasteiger charge is 2.35. The van der Waals surface area contributed by atoms with E-state index in [2.05, 4.69) is 5.10 Å². The maximum atomic E-state index is 13.1. The molecule has 0 radical (unpaired) electrons. The average Bonchev–Trinajstić information content (AvgIpc) is 3.11. The van der Waals surface area contributed by atoms with Crippen LogP contribution < -0.4 is 5.73 Å². The number of aromatic nitrogens is 2. The fourth-order valence-electron chi connectivity index (χ4n) is 3.30. The Morgan fingerprint density at radius 1 is 1.35 bits per heavy atom. The zero-order valence-electron chi connectivity index (χ0n) is 14.4. The van der Waals surface area contributed by atoms with E-state index in [1.807, 2.05) is 6.92 Å². The molecule has 1 saturated heterocycles. The highest BCUT2D eigenvalue weighted by Crippen LogP contribution is 2.30. The summed E-state index contributed by atoms with van der Waals surface area (Å²) in [6.07, 6.45) is -1.58. The third kappa shape index (κ3) is 3.75. The molecular formula is C18H21F3N4O. The standard InChI is InChI=1S/C18H21F3N4O/c1-12(22)14-5-3-9-24(11-14)17(26)13-4-2-6-15(10-13)25-16(7-8-23-25)18(19,20)21/h2,4,6-8,10,12,14H,3,5,9,11,22H2,1H3/t12-,14-/m0/s1. The summed E-state index contributed by atoms with van der Waals surface area (Å²) in [7, 11) is 0. The SMILES string of the molecule is C[C@H](N)[C@H]1CCCN(C(=O)c2cccc(-n3nccc3C(F)(F)F)c2)C1. The van der Waals surface area contributed by atoms with Crippen molar-refractivity contribution >= 4 is 5.91 Å². The van der Waals surface area contributed by atoms with Crippen LogP contribution in [-0.2, 0) is 6.18 Å². The summed E-state index contributed by atoms with van der Waals surface area (Å²) in [5, 5.41) is 3.76. The summed E-state index contributed by atoms with van der Waals surface area (Å²) in [5.74, 6) is 0.0387. The number of piperidine rings is 1. The number of likely N-dealkylation sites (tertiary alicyclic amines) is 1. The minimum atomic E-state index is -4.52. The molecule has 0 saturated carbocycles. The summed E-state index contributed by atoms with van der Waals surface area (Å²) >= 11 is 0. The van der Waals surface area contributed by atoms with Gasteiger partial charge in [-0.3, -0.25) is 4.79 Å². The van der Waals surface area contributed by atoms with E-state index in [0.29, 0.717) is 18.7 Å². The molecule has 2 atom stereocenters. The molecule has 0 aliphatic carbocycles. The molecule has 5 nitrogen and oxygen atoms in total. The lowest BCUT2D eigenvalue weighted by atomic mass is 9.92. The van der Waals surface area contributed by atoms with Gasteiger partial charge in [0.2, 0.25) is 0 Å². The Balaban J connectivity index is 1.86. The van der Waals surface area contributed by atoms with E-state index in [0.717, 1.165) is 29.8 Å². The lowest BCUT2D eigenvalue weighted by Crippen LogP contribution is -2.45. The lowest BCUT2D eigenvalue weighted by molar-refractivity contribution is -0.142. The van der Waals surface area contributed by atoms with Gasteiger partial charge in [-0.15, -0.1) is 0 Å². The number of halogens is 3. The summed E-state index contributed by atoms with van der Waals surface area (Å²) in [4.78, 5) is 14.5. The predicted molar refractivity (Wildman–Crippen MR) is 90.8 cm³/mol. The highest BCUT2D eigenvalue weighted by atomic mass is 19.4. The quantitative estimate of drug-likeness (QED) is 0.908. The lowest BCUT2D eigenvalue weighted by Gasteiger charge is -2.34. The first-order valence-electron chi connectivity index (χ1n) is 8.54. The van der Waals surface area contributed by atoms with Crippen molar-refractivity contribution in [2.24, 2.45) is 11.7 Å². The zero-order chi connectivity index (χ0) is 18.9. The van der Waals surface area contributed by atoms with Crippen molar-refractivity contribution in [3.8, 4) is 5.69 Å². The first kappa shape index (κ1) is 18.4. The van der Waals surface area contributed by atoms with Crippen LogP contribution in [0.4, 0.5) is 13.2 Å². The van der Waals surface area contributed by atoms with Gasteiger partial charge in [-0.2, -0.15) is 18.3 Å². The molecule has 8 heteroatoms. The van der Waals surface area contributed by atoms with Crippen molar-refractivity contribution < 1.29 is 18.0 Å². The smallest absolute Gasteiger partial charge is 0.338 e. The number of benzene rings is 1. The molecule has 0 unspecified atom stereocenters. The molecule has 0 bridgehead atoms. The number of rotatable bonds is 3. The van der Waals surface area contributed by atoms with Gasteiger partial charge in [0.15, 0.2) is 0 Å². The molecule has 2 aromatic rings. The van der Waals surface area contributed by atoms with Gasteiger partial charge in [0, 0.05) is 24.7 Å². The second-order valence-corrected chi connectivity index (χ2v) is 6.69. The van der Waals surface area contributed by atoms with Crippen molar-refractivity contribution in [3.05, 3.63) is 47.8 Å². The van der Waals surface area contributed by atoms with Gasteiger partial charge in [-0.1, -0.05) is 6.07 Å². The fraction of sp³-hybridized carbons (Fsp3) is 0.444. The third-order valence-electron chi connectivity index (χ3n) is 4.76. The number of hydrogen-bond acceptors (Lipinski definition) is 3. The number of amides is 1. The molecule has 2 N–H and O–H groups in total. The van der Waals surface area contributed by atoms with Crippen molar-refractivity contribution in [2.45, 2.75) is 32.0 Å². The summed E-state index contributed by atoms with van der Waals surface area (Å²) in [5.41, 5.74) is 5.63. The number of hydrogen-bond donors (Lipinski definition) is 1. The second kappa shape index (κ2) is 7.11. The Labute approximate surface area is 149 Å². The van der Waals surface area contributed by atoms with E-state index in [9.17, 15) is 18.0 Å². The number of carbonyl (C=O) groups is 1. The number of nitrogens with zero attached hydrogens (tertiary/aromatic N) is 3. The van der Waals surface area contributed by atoms with Crippen LogP contribution in [0.2, 0.25) is 0 Å². The van der Waals surface area contributed by atoms with Gasteiger partial charge in [-0.05, 0) is 49.9 Å². The Hall–Kier alpha value is -2.35. The van der Waals surface area contributed by atoms with Gasteiger partial charge in [-0.25, -0.2) is 4.68 Å². The van der Waals surface area contributed by atoms with Crippen molar-refractivity contribution in [1.82, 2.24) is 14.7 Å². The van der Waals surface area contributed by atoms with Crippen molar-refractivity contribution in [2.75, 3.05) is 13.1 Å². The summed E-state index contributed by atoms with van der Waals surface area (Å²) in [6.45, 7) is 3.12. The molecule has 2 heterocycles. The van der Waals surface area contributed by atoms with Crippen molar-refractivity contribution in [3.63, 3.8) is 0 Å². The maximum absolute atomic E-state index is 13.1. The number of nitrogens with two attached hydrogens (primary N) is 1. The van der Waals surface area contributed by atoms with Crippen LogP contribution >= 0.6 is 0 Å². The average molecular weight is 366 g/mol. The van der Waals surface area contributed by atoms with E-state index in [1.54, 1.807) is 17.0 Å². The minimum Gasteiger partial charge on any atom is -0.338 e. The number of alkyl halides is 3. The molecule has 140 valence electrons. The van der Waals surface area contributed by atoms with Crippen LogP contribution in [0, 0.1) is 5.92 Å². The molecule has 1 aliphatic heterocycles. The first-order chi connectivity index (χ1) is 12.3. The van der Waals surface area contributed by atoms with Crippen molar-refractivity contribution in [1.29, 1.82) is 0 Å². The molecule has 1 aromatic heterocycles. The Morgan fingerprint density at radius 3 is 2.81 bits per heavy atom. The predicted octanol–water partition coefficient (Wildman–Crippen LogP) is 3.09. The molecule has 1 aromatic carbocycles. The minimum absolute atomic E-state index is 0.00430. The Morgan fingerprint density at radius 2 is 2.12 bits per heavy atom. The maximum Gasteiger partial charge on any atom is 0.433 e. The van der Waals surface area contributed by atoms with Crippen LogP contribution in [0.25, 0.3) is 5.69 Å². The van der Waals surface area contributed by atoms with Crippen LogP contribution in [0.1, 0.15) is 35.8 Å². The van der Waals surface area contributed by atoms with Gasteiger partial charge in [0.05, 0.1) is 11.9 Å². The van der Waals surface area contributed by atoms with Crippen LogP contribution in [-0.4, -0.2) is 39.7 Å².